The number of thiazole rings is 1. The van der Waals surface area contributed by atoms with Gasteiger partial charge in [-0.15, -0.1) is 11.3 Å². The molecule has 1 aliphatic rings. The number of anilines is 1. The van der Waals surface area contributed by atoms with Crippen molar-refractivity contribution in [1.82, 2.24) is 10.3 Å². The van der Waals surface area contributed by atoms with Crippen molar-refractivity contribution in [3.63, 3.8) is 0 Å². The van der Waals surface area contributed by atoms with E-state index in [9.17, 15) is 0 Å². The molecule has 0 saturated heterocycles. The highest BCUT2D eigenvalue weighted by Crippen LogP contribution is 2.32. The first-order valence-corrected chi connectivity index (χ1v) is 10.3. The van der Waals surface area contributed by atoms with Crippen LogP contribution in [0.4, 0.5) is 5.69 Å². The van der Waals surface area contributed by atoms with Crippen LogP contribution in [0.2, 0.25) is 0 Å². The van der Waals surface area contributed by atoms with Crippen LogP contribution in [0, 0.1) is 5.92 Å². The highest BCUT2D eigenvalue weighted by molar-refractivity contribution is 7.11. The number of fused-ring (bicyclic) bond motifs is 1. The second kappa shape index (κ2) is 9.60. The van der Waals surface area contributed by atoms with E-state index in [0.29, 0.717) is 25.7 Å². The van der Waals surface area contributed by atoms with Crippen LogP contribution in [-0.2, 0) is 13.0 Å². The highest BCUT2D eigenvalue weighted by Gasteiger charge is 2.11. The molecule has 146 valence electrons. The Morgan fingerprint density at radius 2 is 2.07 bits per heavy atom. The summed E-state index contributed by atoms with van der Waals surface area (Å²) >= 11 is 1.74. The summed E-state index contributed by atoms with van der Waals surface area (Å²) in [4.78, 5) is 10.4. The Balaban J connectivity index is 1.67. The molecule has 0 spiro atoms. The predicted octanol–water partition coefficient (Wildman–Crippen LogP) is 4.08. The average Bonchev–Trinajstić information content (AvgIpc) is 2.94. The monoisotopic (exact) mass is 388 g/mol. The van der Waals surface area contributed by atoms with Crippen LogP contribution in [0.15, 0.2) is 29.4 Å². The molecule has 2 aromatic rings. The average molecular weight is 389 g/mol. The van der Waals surface area contributed by atoms with E-state index in [0.717, 1.165) is 42.5 Å². The number of guanidine groups is 1. The molecule has 3 rings (SSSR count). The lowest BCUT2D eigenvalue weighted by atomic mass is 10.1. The molecule has 1 aromatic carbocycles. The Morgan fingerprint density at radius 3 is 2.85 bits per heavy atom. The SMILES string of the molecule is CCNC(=NCc1cnc(CC(C)C)s1)Nc1ccc2c(c1)OCCCO2. The van der Waals surface area contributed by atoms with Gasteiger partial charge in [-0.1, -0.05) is 13.8 Å². The third-order valence-corrected chi connectivity index (χ3v) is 4.94. The number of aliphatic imine (C=N–C) groups is 1. The number of nitrogens with zero attached hydrogens (tertiary/aromatic N) is 2. The van der Waals surface area contributed by atoms with Gasteiger partial charge in [0.25, 0.3) is 0 Å². The molecule has 0 amide bonds. The Morgan fingerprint density at radius 1 is 1.26 bits per heavy atom. The molecule has 2 heterocycles. The maximum absolute atomic E-state index is 5.76. The fourth-order valence-electron chi connectivity index (χ4n) is 2.71. The molecule has 1 aromatic heterocycles. The number of benzene rings is 1. The summed E-state index contributed by atoms with van der Waals surface area (Å²) < 4.78 is 11.4. The third-order valence-electron chi connectivity index (χ3n) is 3.93. The molecule has 27 heavy (non-hydrogen) atoms. The standard InChI is InChI=1S/C20H28N4O2S/c1-4-21-20(23-13-16-12-22-19(27-16)10-14(2)3)24-15-6-7-17-18(11-15)26-9-5-8-25-17/h6-7,11-12,14H,4-5,8-10,13H2,1-3H3,(H2,21,23,24). The van der Waals surface area contributed by atoms with Crippen LogP contribution in [0.1, 0.15) is 37.1 Å². The predicted molar refractivity (Wildman–Crippen MR) is 111 cm³/mol. The van der Waals surface area contributed by atoms with Crippen LogP contribution in [0.5, 0.6) is 11.5 Å². The maximum Gasteiger partial charge on any atom is 0.196 e. The molecule has 0 radical (unpaired) electrons. The number of rotatable bonds is 6. The number of nitrogens with one attached hydrogen (secondary N) is 2. The van der Waals surface area contributed by atoms with Gasteiger partial charge in [-0.2, -0.15) is 0 Å². The van der Waals surface area contributed by atoms with E-state index in [4.69, 9.17) is 14.5 Å². The summed E-state index contributed by atoms with van der Waals surface area (Å²) in [7, 11) is 0. The van der Waals surface area contributed by atoms with Crippen LogP contribution in [0.3, 0.4) is 0 Å². The minimum atomic E-state index is 0.607. The van der Waals surface area contributed by atoms with Crippen LogP contribution < -0.4 is 20.1 Å². The molecule has 0 atom stereocenters. The van der Waals surface area contributed by atoms with Gasteiger partial charge >= 0.3 is 0 Å². The molecule has 0 bridgehead atoms. The largest absolute Gasteiger partial charge is 0.490 e. The number of hydrogen-bond acceptors (Lipinski definition) is 5. The minimum absolute atomic E-state index is 0.607. The Kier molecular flexibility index (Phi) is 6.92. The Bertz CT molecular complexity index is 773. The smallest absolute Gasteiger partial charge is 0.196 e. The first kappa shape index (κ1) is 19.5. The number of hydrogen-bond donors (Lipinski definition) is 2. The van der Waals surface area contributed by atoms with Gasteiger partial charge in [-0.25, -0.2) is 9.98 Å². The molecule has 2 N–H and O–H groups in total. The van der Waals surface area contributed by atoms with Gasteiger partial charge < -0.3 is 20.1 Å². The summed E-state index contributed by atoms with van der Waals surface area (Å²) in [5.41, 5.74) is 0.920. The van der Waals surface area contributed by atoms with Gasteiger partial charge in [-0.3, -0.25) is 0 Å². The van der Waals surface area contributed by atoms with Gasteiger partial charge in [0.05, 0.1) is 24.8 Å². The zero-order chi connectivity index (χ0) is 19.1. The molecular weight excluding hydrogens is 360 g/mol. The van der Waals surface area contributed by atoms with Crippen molar-refractivity contribution >= 4 is 23.0 Å². The molecule has 7 heteroatoms. The molecule has 0 saturated carbocycles. The third kappa shape index (κ3) is 5.85. The van der Waals surface area contributed by atoms with E-state index in [-0.39, 0.29) is 0 Å². The highest BCUT2D eigenvalue weighted by atomic mass is 32.1. The van der Waals surface area contributed by atoms with Gasteiger partial charge in [0, 0.05) is 42.2 Å². The number of aromatic nitrogens is 1. The van der Waals surface area contributed by atoms with Crippen molar-refractivity contribution in [3.8, 4) is 11.5 Å². The van der Waals surface area contributed by atoms with Crippen molar-refractivity contribution < 1.29 is 9.47 Å². The maximum atomic E-state index is 5.76. The van der Waals surface area contributed by atoms with Crippen LogP contribution in [-0.4, -0.2) is 30.7 Å². The van der Waals surface area contributed by atoms with Crippen molar-refractivity contribution in [2.75, 3.05) is 25.1 Å². The molecule has 1 aliphatic heterocycles. The van der Waals surface area contributed by atoms with Crippen molar-refractivity contribution in [3.05, 3.63) is 34.3 Å². The van der Waals surface area contributed by atoms with Crippen LogP contribution >= 0.6 is 11.3 Å². The lowest BCUT2D eigenvalue weighted by molar-refractivity contribution is 0.297. The first-order chi connectivity index (χ1) is 13.1. The van der Waals surface area contributed by atoms with E-state index in [2.05, 4.69) is 36.4 Å². The topological polar surface area (TPSA) is 67.8 Å². The van der Waals surface area contributed by atoms with E-state index >= 15 is 0 Å². The number of ether oxygens (including phenoxy) is 2. The van der Waals surface area contributed by atoms with Crippen molar-refractivity contribution in [1.29, 1.82) is 0 Å². The molecule has 0 fully saturated rings. The summed E-state index contributed by atoms with van der Waals surface area (Å²) in [6.45, 7) is 9.24. The first-order valence-electron chi connectivity index (χ1n) is 9.52. The molecular formula is C20H28N4O2S. The van der Waals surface area contributed by atoms with E-state index in [1.165, 1.54) is 9.88 Å². The summed E-state index contributed by atoms with van der Waals surface area (Å²) in [5, 5.41) is 7.81. The van der Waals surface area contributed by atoms with E-state index in [1.54, 1.807) is 11.3 Å². The Labute approximate surface area is 165 Å². The second-order valence-corrected chi connectivity index (χ2v) is 8.05. The summed E-state index contributed by atoms with van der Waals surface area (Å²) in [6, 6.07) is 5.88. The summed E-state index contributed by atoms with van der Waals surface area (Å²) in [5.74, 6) is 2.92. The van der Waals surface area contributed by atoms with Crippen molar-refractivity contribution in [2.24, 2.45) is 10.9 Å². The fourth-order valence-corrected chi connectivity index (χ4v) is 3.77. The molecule has 6 nitrogen and oxygen atoms in total. The van der Waals surface area contributed by atoms with Crippen molar-refractivity contribution in [2.45, 2.75) is 40.2 Å². The van der Waals surface area contributed by atoms with Gasteiger partial charge in [0.1, 0.15) is 0 Å². The zero-order valence-electron chi connectivity index (χ0n) is 16.2. The lowest BCUT2D eigenvalue weighted by Crippen LogP contribution is -2.30. The van der Waals surface area contributed by atoms with Gasteiger partial charge in [0.2, 0.25) is 0 Å². The molecule has 0 unspecified atom stereocenters. The second-order valence-electron chi connectivity index (χ2n) is 6.85. The quantitative estimate of drug-likeness (QED) is 0.576. The van der Waals surface area contributed by atoms with E-state index < -0.39 is 0 Å². The van der Waals surface area contributed by atoms with Gasteiger partial charge in [0.15, 0.2) is 17.5 Å². The molecule has 0 aliphatic carbocycles. The minimum Gasteiger partial charge on any atom is -0.490 e. The van der Waals surface area contributed by atoms with Gasteiger partial charge in [-0.05, 0) is 25.0 Å². The lowest BCUT2D eigenvalue weighted by Gasteiger charge is -2.13. The summed E-state index contributed by atoms with van der Waals surface area (Å²) in [6.07, 6.45) is 3.85. The normalized spacial score (nSPS) is 14.1. The van der Waals surface area contributed by atoms with Crippen LogP contribution in [0.25, 0.3) is 0 Å². The zero-order valence-corrected chi connectivity index (χ0v) is 17.1. The Hall–Kier alpha value is -2.28. The van der Waals surface area contributed by atoms with E-state index in [1.807, 2.05) is 24.4 Å². The fraction of sp³-hybridized carbons (Fsp3) is 0.500.